The van der Waals surface area contributed by atoms with Gasteiger partial charge in [0.25, 0.3) is 0 Å². The second kappa shape index (κ2) is 11.5. The van der Waals surface area contributed by atoms with Crippen molar-refractivity contribution in [2.75, 3.05) is 14.2 Å². The third-order valence-electron chi connectivity index (χ3n) is 4.20. The van der Waals surface area contributed by atoms with E-state index in [1.807, 2.05) is 12.1 Å². The average Bonchev–Trinajstić information content (AvgIpc) is 2.74. The Morgan fingerprint density at radius 1 is 0.733 bits per heavy atom. The van der Waals surface area contributed by atoms with E-state index in [-0.39, 0.29) is 12.8 Å². The quantitative estimate of drug-likeness (QED) is 0.310. The molecule has 0 saturated heterocycles. The maximum absolute atomic E-state index is 12.2. The van der Waals surface area contributed by atoms with E-state index in [0.29, 0.717) is 35.8 Å². The van der Waals surface area contributed by atoms with Crippen LogP contribution >= 0.6 is 0 Å². The van der Waals surface area contributed by atoms with Crippen LogP contribution in [0.25, 0.3) is 0 Å². The molecule has 0 aliphatic heterocycles. The molecule has 2 rings (SSSR count). The van der Waals surface area contributed by atoms with E-state index in [2.05, 4.69) is 13.2 Å². The summed E-state index contributed by atoms with van der Waals surface area (Å²) in [6, 6.07) is 10.5. The SMILES string of the molecule is C=CCc1ccc(OC(=O)CCC(=O)Oc2ccc(CC=C)cc2OC)c(OC)c1. The molecule has 0 amide bonds. The highest BCUT2D eigenvalue weighted by molar-refractivity contribution is 5.80. The van der Waals surface area contributed by atoms with Gasteiger partial charge in [0, 0.05) is 0 Å². The van der Waals surface area contributed by atoms with Crippen LogP contribution in [0.1, 0.15) is 24.0 Å². The molecule has 0 aromatic heterocycles. The fourth-order valence-electron chi connectivity index (χ4n) is 2.73. The topological polar surface area (TPSA) is 71.1 Å². The lowest BCUT2D eigenvalue weighted by Gasteiger charge is -2.11. The predicted molar refractivity (Wildman–Crippen MR) is 114 cm³/mol. The lowest BCUT2D eigenvalue weighted by Crippen LogP contribution is -2.14. The third kappa shape index (κ3) is 6.51. The number of hydrogen-bond donors (Lipinski definition) is 0. The minimum Gasteiger partial charge on any atom is -0.493 e. The first kappa shape index (κ1) is 22.7. The van der Waals surface area contributed by atoms with E-state index in [4.69, 9.17) is 18.9 Å². The molecule has 0 N–H and O–H groups in total. The van der Waals surface area contributed by atoms with Crippen molar-refractivity contribution in [1.82, 2.24) is 0 Å². The number of ether oxygens (including phenoxy) is 4. The largest absolute Gasteiger partial charge is 0.493 e. The molecule has 6 nitrogen and oxygen atoms in total. The molecule has 6 heteroatoms. The van der Waals surface area contributed by atoms with Crippen LogP contribution in [0.4, 0.5) is 0 Å². The van der Waals surface area contributed by atoms with Gasteiger partial charge in [-0.15, -0.1) is 13.2 Å². The molecular weight excluding hydrogens is 384 g/mol. The van der Waals surface area contributed by atoms with Crippen molar-refractivity contribution in [3.63, 3.8) is 0 Å². The molecule has 0 bridgehead atoms. The fourth-order valence-corrected chi connectivity index (χ4v) is 2.73. The summed E-state index contributed by atoms with van der Waals surface area (Å²) in [7, 11) is 2.99. The first-order valence-electron chi connectivity index (χ1n) is 9.47. The van der Waals surface area contributed by atoms with Crippen molar-refractivity contribution in [3.05, 3.63) is 72.8 Å². The van der Waals surface area contributed by atoms with E-state index in [0.717, 1.165) is 11.1 Å². The number of methoxy groups -OCH3 is 2. The van der Waals surface area contributed by atoms with Crippen LogP contribution in [-0.4, -0.2) is 26.2 Å². The van der Waals surface area contributed by atoms with Gasteiger partial charge in [-0.3, -0.25) is 9.59 Å². The molecule has 0 radical (unpaired) electrons. The van der Waals surface area contributed by atoms with Gasteiger partial charge in [-0.05, 0) is 48.2 Å². The average molecular weight is 410 g/mol. The molecular formula is C24H26O6. The first-order chi connectivity index (χ1) is 14.5. The zero-order chi connectivity index (χ0) is 21.9. The number of rotatable bonds is 11. The van der Waals surface area contributed by atoms with Gasteiger partial charge < -0.3 is 18.9 Å². The Balaban J connectivity index is 1.93. The van der Waals surface area contributed by atoms with Gasteiger partial charge in [0.1, 0.15) is 0 Å². The predicted octanol–water partition coefficient (Wildman–Crippen LogP) is 4.45. The normalized spacial score (nSPS) is 10.1. The summed E-state index contributed by atoms with van der Waals surface area (Å²) in [6.07, 6.45) is 4.63. The molecule has 0 unspecified atom stereocenters. The highest BCUT2D eigenvalue weighted by Gasteiger charge is 2.15. The Labute approximate surface area is 176 Å². The molecule has 2 aromatic carbocycles. The van der Waals surface area contributed by atoms with Crippen LogP contribution in [0.15, 0.2) is 61.7 Å². The second-order valence-corrected chi connectivity index (χ2v) is 6.40. The maximum Gasteiger partial charge on any atom is 0.311 e. The van der Waals surface area contributed by atoms with E-state index in [1.165, 1.54) is 14.2 Å². The molecule has 158 valence electrons. The monoisotopic (exact) mass is 410 g/mol. The summed E-state index contributed by atoms with van der Waals surface area (Å²) in [5, 5.41) is 0. The van der Waals surface area contributed by atoms with Gasteiger partial charge in [-0.25, -0.2) is 0 Å². The van der Waals surface area contributed by atoms with E-state index in [9.17, 15) is 9.59 Å². The molecule has 30 heavy (non-hydrogen) atoms. The number of esters is 2. The molecule has 0 heterocycles. The van der Waals surface area contributed by atoms with Crippen molar-refractivity contribution in [2.45, 2.75) is 25.7 Å². The standard InChI is InChI=1S/C24H26O6/c1-5-7-17-9-11-19(21(15-17)27-3)29-23(25)13-14-24(26)30-20-12-10-18(8-6-2)16-22(20)28-4/h5-6,9-12,15-16H,1-2,7-8,13-14H2,3-4H3. The third-order valence-corrected chi connectivity index (χ3v) is 4.20. The van der Waals surface area contributed by atoms with Crippen LogP contribution in [-0.2, 0) is 22.4 Å². The Morgan fingerprint density at radius 3 is 1.47 bits per heavy atom. The fraction of sp³-hybridized carbons (Fsp3) is 0.250. The summed E-state index contributed by atoms with van der Waals surface area (Å²) in [5.74, 6) is 0.348. The molecule has 0 aliphatic rings. The number of allylic oxidation sites excluding steroid dienone is 2. The molecule has 2 aromatic rings. The molecule has 0 fully saturated rings. The molecule has 0 atom stereocenters. The summed E-state index contributed by atoms with van der Waals surface area (Å²) >= 11 is 0. The van der Waals surface area contributed by atoms with Gasteiger partial charge in [0.05, 0.1) is 27.1 Å². The van der Waals surface area contributed by atoms with Crippen molar-refractivity contribution in [3.8, 4) is 23.0 Å². The lowest BCUT2D eigenvalue weighted by molar-refractivity contribution is -0.140. The highest BCUT2D eigenvalue weighted by atomic mass is 16.6. The Morgan fingerprint density at radius 2 is 1.13 bits per heavy atom. The lowest BCUT2D eigenvalue weighted by atomic mass is 10.1. The van der Waals surface area contributed by atoms with Gasteiger partial charge in [-0.2, -0.15) is 0 Å². The number of carbonyl (C=O) groups is 2. The van der Waals surface area contributed by atoms with Crippen LogP contribution in [0, 0.1) is 0 Å². The Hall–Kier alpha value is -3.54. The first-order valence-corrected chi connectivity index (χ1v) is 9.47. The number of carbonyl (C=O) groups excluding carboxylic acids is 2. The van der Waals surface area contributed by atoms with Gasteiger partial charge >= 0.3 is 11.9 Å². The molecule has 0 saturated carbocycles. The van der Waals surface area contributed by atoms with Gasteiger partial charge in [-0.1, -0.05) is 24.3 Å². The number of benzene rings is 2. The second-order valence-electron chi connectivity index (χ2n) is 6.40. The van der Waals surface area contributed by atoms with E-state index < -0.39 is 11.9 Å². The number of hydrogen-bond acceptors (Lipinski definition) is 6. The van der Waals surface area contributed by atoms with Crippen molar-refractivity contribution < 1.29 is 28.5 Å². The van der Waals surface area contributed by atoms with Crippen molar-refractivity contribution >= 4 is 11.9 Å². The smallest absolute Gasteiger partial charge is 0.311 e. The minimum absolute atomic E-state index is 0.132. The maximum atomic E-state index is 12.2. The van der Waals surface area contributed by atoms with Crippen molar-refractivity contribution in [1.29, 1.82) is 0 Å². The van der Waals surface area contributed by atoms with Gasteiger partial charge in [0.15, 0.2) is 23.0 Å². The highest BCUT2D eigenvalue weighted by Crippen LogP contribution is 2.30. The molecule has 0 aliphatic carbocycles. The summed E-state index contributed by atoms with van der Waals surface area (Å²) in [6.45, 7) is 7.39. The summed E-state index contributed by atoms with van der Waals surface area (Å²) in [5.41, 5.74) is 1.97. The van der Waals surface area contributed by atoms with Gasteiger partial charge in [0.2, 0.25) is 0 Å². The Kier molecular flexibility index (Phi) is 8.69. The zero-order valence-electron chi connectivity index (χ0n) is 17.3. The van der Waals surface area contributed by atoms with Crippen LogP contribution in [0.3, 0.4) is 0 Å². The van der Waals surface area contributed by atoms with E-state index in [1.54, 1.807) is 36.4 Å². The van der Waals surface area contributed by atoms with Crippen molar-refractivity contribution in [2.24, 2.45) is 0 Å². The molecule has 0 spiro atoms. The van der Waals surface area contributed by atoms with E-state index >= 15 is 0 Å². The summed E-state index contributed by atoms with van der Waals surface area (Å²) in [4.78, 5) is 24.3. The Bertz CT molecular complexity index is 840. The zero-order valence-corrected chi connectivity index (χ0v) is 17.3. The minimum atomic E-state index is -0.560. The summed E-state index contributed by atoms with van der Waals surface area (Å²) < 4.78 is 21.2. The van der Waals surface area contributed by atoms with Crippen LogP contribution < -0.4 is 18.9 Å². The van der Waals surface area contributed by atoms with Crippen LogP contribution in [0.5, 0.6) is 23.0 Å². The van der Waals surface area contributed by atoms with Crippen LogP contribution in [0.2, 0.25) is 0 Å².